The summed E-state index contributed by atoms with van der Waals surface area (Å²) in [6.45, 7) is 0. The van der Waals surface area contributed by atoms with Gasteiger partial charge in [0.1, 0.15) is 0 Å². The van der Waals surface area contributed by atoms with Crippen molar-refractivity contribution in [2.75, 3.05) is 0 Å². The molecule has 0 atom stereocenters. The van der Waals surface area contributed by atoms with Crippen LogP contribution in [0.25, 0.3) is 0 Å². The summed E-state index contributed by atoms with van der Waals surface area (Å²) in [5.74, 6) is -2.05. The van der Waals surface area contributed by atoms with Crippen LogP contribution in [0.3, 0.4) is 0 Å². The van der Waals surface area contributed by atoms with Crippen molar-refractivity contribution in [3.63, 3.8) is 0 Å². The normalized spacial score (nSPS) is 10.8. The average Bonchev–Trinajstić information content (AvgIpc) is 2.39. The standard InChI is InChI=1S/C14H14ClNO4/c15-11-3-1-2-10(8-11)14(9-16,6-4-12(17)18)7-5-13(19)20/h1-3,8H,4-7H2,(H,17,18)(H,19,20). The Bertz CT molecular complexity index is 532. The fourth-order valence-corrected chi connectivity index (χ4v) is 2.21. The molecule has 0 aromatic heterocycles. The van der Waals surface area contributed by atoms with Crippen molar-refractivity contribution < 1.29 is 19.8 Å². The number of carboxylic acids is 2. The first kappa shape index (κ1) is 16.0. The lowest BCUT2D eigenvalue weighted by Gasteiger charge is -2.26. The second-order valence-electron chi connectivity index (χ2n) is 4.49. The fraction of sp³-hybridized carbons (Fsp3) is 0.357. The molecule has 0 unspecified atom stereocenters. The van der Waals surface area contributed by atoms with Crippen molar-refractivity contribution in [2.45, 2.75) is 31.1 Å². The number of aliphatic carboxylic acids is 2. The number of halogens is 1. The number of nitriles is 1. The molecule has 0 saturated heterocycles. The highest BCUT2D eigenvalue weighted by molar-refractivity contribution is 6.30. The van der Waals surface area contributed by atoms with Crippen LogP contribution in [0.1, 0.15) is 31.2 Å². The van der Waals surface area contributed by atoms with Gasteiger partial charge in [-0.05, 0) is 30.5 Å². The Morgan fingerprint density at radius 1 is 1.20 bits per heavy atom. The minimum Gasteiger partial charge on any atom is -0.481 e. The van der Waals surface area contributed by atoms with Crippen molar-refractivity contribution in [3.05, 3.63) is 34.9 Å². The van der Waals surface area contributed by atoms with Gasteiger partial charge >= 0.3 is 11.9 Å². The molecule has 6 heteroatoms. The van der Waals surface area contributed by atoms with Crippen molar-refractivity contribution >= 4 is 23.5 Å². The van der Waals surface area contributed by atoms with Crippen molar-refractivity contribution in [3.8, 4) is 6.07 Å². The predicted octanol–water partition coefficient (Wildman–Crippen LogP) is 2.83. The molecule has 1 aromatic rings. The van der Waals surface area contributed by atoms with E-state index in [-0.39, 0.29) is 25.7 Å². The van der Waals surface area contributed by atoms with Gasteiger partial charge in [-0.15, -0.1) is 0 Å². The molecular formula is C14H14ClNO4. The molecule has 0 amide bonds. The maximum absolute atomic E-state index is 10.7. The number of hydrogen-bond acceptors (Lipinski definition) is 3. The Labute approximate surface area is 121 Å². The second kappa shape index (κ2) is 6.92. The van der Waals surface area contributed by atoms with E-state index in [1.165, 1.54) is 0 Å². The number of hydrogen-bond donors (Lipinski definition) is 2. The topological polar surface area (TPSA) is 98.4 Å². The van der Waals surface area contributed by atoms with E-state index in [4.69, 9.17) is 21.8 Å². The van der Waals surface area contributed by atoms with Crippen molar-refractivity contribution in [1.82, 2.24) is 0 Å². The summed E-state index contributed by atoms with van der Waals surface area (Å²) in [5.41, 5.74) is -0.600. The number of rotatable bonds is 7. The Morgan fingerprint density at radius 3 is 2.15 bits per heavy atom. The van der Waals surface area contributed by atoms with Gasteiger partial charge in [0, 0.05) is 17.9 Å². The molecule has 1 aromatic carbocycles. The molecule has 0 saturated carbocycles. The fourth-order valence-electron chi connectivity index (χ4n) is 2.02. The summed E-state index contributed by atoms with van der Waals surface area (Å²) in [5, 5.41) is 27.5. The van der Waals surface area contributed by atoms with E-state index in [2.05, 4.69) is 6.07 Å². The number of carbonyl (C=O) groups is 2. The van der Waals surface area contributed by atoms with Gasteiger partial charge in [0.25, 0.3) is 0 Å². The highest BCUT2D eigenvalue weighted by Crippen LogP contribution is 2.35. The largest absolute Gasteiger partial charge is 0.481 e. The van der Waals surface area contributed by atoms with Gasteiger partial charge in [-0.25, -0.2) is 0 Å². The average molecular weight is 296 g/mol. The van der Waals surface area contributed by atoms with Crippen LogP contribution in [0.15, 0.2) is 24.3 Å². The van der Waals surface area contributed by atoms with Gasteiger partial charge in [0.2, 0.25) is 0 Å². The predicted molar refractivity (Wildman–Crippen MR) is 72.5 cm³/mol. The molecule has 1 rings (SSSR count). The molecule has 0 aliphatic carbocycles. The summed E-state index contributed by atoms with van der Waals surface area (Å²) in [7, 11) is 0. The molecule has 0 bridgehead atoms. The summed E-state index contributed by atoms with van der Waals surface area (Å²) in [4.78, 5) is 21.5. The third-order valence-electron chi connectivity index (χ3n) is 3.12. The van der Waals surface area contributed by atoms with Gasteiger partial charge in [-0.1, -0.05) is 23.7 Å². The van der Waals surface area contributed by atoms with Gasteiger partial charge < -0.3 is 10.2 Å². The van der Waals surface area contributed by atoms with Crippen molar-refractivity contribution in [2.24, 2.45) is 0 Å². The molecule has 0 aliphatic heterocycles. The van der Waals surface area contributed by atoms with Gasteiger partial charge in [0.15, 0.2) is 0 Å². The van der Waals surface area contributed by atoms with Crippen LogP contribution in [0.4, 0.5) is 0 Å². The number of nitrogens with zero attached hydrogens (tertiary/aromatic N) is 1. The summed E-state index contributed by atoms with van der Waals surface area (Å²) < 4.78 is 0. The molecule has 0 spiro atoms. The lowest BCUT2D eigenvalue weighted by atomic mass is 9.74. The molecule has 20 heavy (non-hydrogen) atoms. The maximum atomic E-state index is 10.7. The highest BCUT2D eigenvalue weighted by atomic mass is 35.5. The van der Waals surface area contributed by atoms with E-state index in [9.17, 15) is 14.9 Å². The zero-order valence-corrected chi connectivity index (χ0v) is 11.4. The minimum absolute atomic E-state index is 0.0481. The molecule has 0 heterocycles. The number of carboxylic acid groups (broad SMARTS) is 2. The van der Waals surface area contributed by atoms with Crippen LogP contribution in [0, 0.1) is 11.3 Å². The quantitative estimate of drug-likeness (QED) is 0.806. The minimum atomic E-state index is -1.15. The van der Waals surface area contributed by atoms with Crippen LogP contribution < -0.4 is 0 Å². The van der Waals surface area contributed by atoms with Crippen LogP contribution in [0.5, 0.6) is 0 Å². The number of benzene rings is 1. The Kier molecular flexibility index (Phi) is 5.53. The molecule has 106 valence electrons. The first-order valence-corrected chi connectivity index (χ1v) is 6.38. The summed E-state index contributed by atoms with van der Waals surface area (Å²) in [6, 6.07) is 8.63. The van der Waals surface area contributed by atoms with Gasteiger partial charge in [-0.2, -0.15) is 5.26 Å². The zero-order chi connectivity index (χ0) is 15.2. The molecule has 0 fully saturated rings. The van der Waals surface area contributed by atoms with E-state index in [0.717, 1.165) is 0 Å². The highest BCUT2D eigenvalue weighted by Gasteiger charge is 2.33. The van der Waals surface area contributed by atoms with Crippen molar-refractivity contribution in [1.29, 1.82) is 5.26 Å². The van der Waals surface area contributed by atoms with Crippen LogP contribution in [-0.2, 0) is 15.0 Å². The van der Waals surface area contributed by atoms with E-state index in [1.807, 2.05) is 0 Å². The van der Waals surface area contributed by atoms with Crippen LogP contribution in [0.2, 0.25) is 5.02 Å². The third-order valence-corrected chi connectivity index (χ3v) is 3.36. The lowest BCUT2D eigenvalue weighted by molar-refractivity contribution is -0.137. The Balaban J connectivity index is 3.12. The zero-order valence-electron chi connectivity index (χ0n) is 10.7. The van der Waals surface area contributed by atoms with E-state index >= 15 is 0 Å². The van der Waals surface area contributed by atoms with Gasteiger partial charge in [0.05, 0.1) is 11.5 Å². The Morgan fingerprint density at radius 2 is 1.75 bits per heavy atom. The third kappa shape index (κ3) is 4.25. The molecule has 2 N–H and O–H groups in total. The smallest absolute Gasteiger partial charge is 0.303 e. The molecule has 0 radical (unpaired) electrons. The van der Waals surface area contributed by atoms with Gasteiger partial charge in [-0.3, -0.25) is 9.59 Å². The summed E-state index contributed by atoms with van der Waals surface area (Å²) in [6.07, 6.45) is -0.321. The first-order valence-electron chi connectivity index (χ1n) is 6.00. The van der Waals surface area contributed by atoms with E-state index < -0.39 is 17.4 Å². The Hall–Kier alpha value is -2.06. The molecule has 5 nitrogen and oxygen atoms in total. The van der Waals surface area contributed by atoms with Crippen LogP contribution >= 0.6 is 11.6 Å². The maximum Gasteiger partial charge on any atom is 0.303 e. The SMILES string of the molecule is N#CC(CCC(=O)O)(CCC(=O)O)c1cccc(Cl)c1. The summed E-state index contributed by atoms with van der Waals surface area (Å²) >= 11 is 5.89. The van der Waals surface area contributed by atoms with E-state index in [1.54, 1.807) is 24.3 Å². The lowest BCUT2D eigenvalue weighted by Crippen LogP contribution is -2.26. The molecule has 0 aliphatic rings. The van der Waals surface area contributed by atoms with Crippen LogP contribution in [-0.4, -0.2) is 22.2 Å². The second-order valence-corrected chi connectivity index (χ2v) is 4.93. The van der Waals surface area contributed by atoms with E-state index in [0.29, 0.717) is 10.6 Å². The first-order chi connectivity index (χ1) is 9.39. The molecular weight excluding hydrogens is 282 g/mol. The monoisotopic (exact) mass is 295 g/mol.